The highest BCUT2D eigenvalue weighted by Gasteiger charge is 2.30. The van der Waals surface area contributed by atoms with Gasteiger partial charge in [0.1, 0.15) is 6.04 Å². The van der Waals surface area contributed by atoms with Crippen molar-refractivity contribution in [3.63, 3.8) is 0 Å². The lowest BCUT2D eigenvalue weighted by molar-refractivity contribution is -0.141. The number of carbonyl (C=O) groups is 2. The zero-order chi connectivity index (χ0) is 22.2. The first kappa shape index (κ1) is 23.6. The van der Waals surface area contributed by atoms with Crippen molar-refractivity contribution in [3.8, 4) is 0 Å². The molecule has 166 valence electrons. The number of halogens is 2. The molecular weight excluding hydrogens is 431 g/mol. The van der Waals surface area contributed by atoms with Crippen molar-refractivity contribution in [2.45, 2.75) is 70.5 Å². The molecule has 1 atom stereocenters. The predicted molar refractivity (Wildman–Crippen MR) is 126 cm³/mol. The molecule has 3 rings (SSSR count). The van der Waals surface area contributed by atoms with Gasteiger partial charge < -0.3 is 10.2 Å². The monoisotopic (exact) mass is 460 g/mol. The molecule has 1 N–H and O–H groups in total. The van der Waals surface area contributed by atoms with E-state index in [1.54, 1.807) is 17.0 Å². The summed E-state index contributed by atoms with van der Waals surface area (Å²) in [6.07, 6.45) is 6.25. The lowest BCUT2D eigenvalue weighted by Crippen LogP contribution is -2.52. The fraction of sp³-hybridized carbons (Fsp3) is 0.440. The molecule has 2 aromatic carbocycles. The van der Waals surface area contributed by atoms with E-state index in [0.717, 1.165) is 36.8 Å². The topological polar surface area (TPSA) is 49.4 Å². The van der Waals surface area contributed by atoms with Crippen molar-refractivity contribution in [1.82, 2.24) is 10.2 Å². The summed E-state index contributed by atoms with van der Waals surface area (Å²) < 4.78 is 0. The molecule has 1 saturated carbocycles. The molecule has 2 amide bonds. The van der Waals surface area contributed by atoms with Gasteiger partial charge >= 0.3 is 0 Å². The maximum absolute atomic E-state index is 13.4. The second-order valence-electron chi connectivity index (χ2n) is 8.18. The highest BCUT2D eigenvalue weighted by molar-refractivity contribution is 6.31. The Morgan fingerprint density at radius 2 is 1.71 bits per heavy atom. The Morgan fingerprint density at radius 1 is 1.03 bits per heavy atom. The van der Waals surface area contributed by atoms with Crippen LogP contribution in [0.25, 0.3) is 0 Å². The number of rotatable bonds is 8. The van der Waals surface area contributed by atoms with Gasteiger partial charge in [-0.3, -0.25) is 9.59 Å². The van der Waals surface area contributed by atoms with Crippen LogP contribution in [0.3, 0.4) is 0 Å². The molecule has 0 aliphatic heterocycles. The SMILES string of the molecule is CC[C@@H](C(=O)NC1CCCCC1)N(Cc1ccccc1Cl)C(=O)Cc1ccc(Cl)cc1. The van der Waals surface area contributed by atoms with Crippen LogP contribution in [0, 0.1) is 0 Å². The fourth-order valence-corrected chi connectivity index (χ4v) is 4.47. The quantitative estimate of drug-likeness (QED) is 0.541. The summed E-state index contributed by atoms with van der Waals surface area (Å²) in [5.74, 6) is -0.182. The molecule has 0 aromatic heterocycles. The number of nitrogens with one attached hydrogen (secondary N) is 1. The smallest absolute Gasteiger partial charge is 0.243 e. The van der Waals surface area contributed by atoms with E-state index in [-0.39, 0.29) is 24.3 Å². The molecule has 0 heterocycles. The van der Waals surface area contributed by atoms with Crippen LogP contribution < -0.4 is 5.32 Å². The van der Waals surface area contributed by atoms with Crippen LogP contribution in [0.15, 0.2) is 48.5 Å². The maximum atomic E-state index is 13.4. The Kier molecular flexibility index (Phi) is 8.79. The molecule has 0 spiro atoms. The van der Waals surface area contributed by atoms with Crippen molar-refractivity contribution in [2.24, 2.45) is 0 Å². The number of hydrogen-bond acceptors (Lipinski definition) is 2. The van der Waals surface area contributed by atoms with Crippen molar-refractivity contribution < 1.29 is 9.59 Å². The minimum absolute atomic E-state index is 0.0779. The van der Waals surface area contributed by atoms with Gasteiger partial charge in [0.2, 0.25) is 11.8 Å². The second kappa shape index (κ2) is 11.5. The van der Waals surface area contributed by atoms with Crippen molar-refractivity contribution in [2.75, 3.05) is 0 Å². The lowest BCUT2D eigenvalue weighted by atomic mass is 9.95. The zero-order valence-corrected chi connectivity index (χ0v) is 19.5. The standard InChI is InChI=1S/C25H30Cl2N2O2/c1-2-23(25(31)28-21-9-4-3-5-10-21)29(17-19-8-6-7-11-22(19)27)24(30)16-18-12-14-20(26)15-13-18/h6-8,11-15,21,23H,2-5,9-10,16-17H2,1H3,(H,28,31)/t23-/m0/s1. The minimum Gasteiger partial charge on any atom is -0.352 e. The van der Waals surface area contributed by atoms with Gasteiger partial charge in [-0.25, -0.2) is 0 Å². The molecule has 4 nitrogen and oxygen atoms in total. The number of benzene rings is 2. The molecule has 0 bridgehead atoms. The van der Waals surface area contributed by atoms with Crippen molar-refractivity contribution in [1.29, 1.82) is 0 Å². The number of carbonyl (C=O) groups excluding carboxylic acids is 2. The second-order valence-corrected chi connectivity index (χ2v) is 9.03. The molecule has 1 fully saturated rings. The van der Waals surface area contributed by atoms with Crippen LogP contribution in [0.5, 0.6) is 0 Å². The Hall–Kier alpha value is -2.04. The van der Waals surface area contributed by atoms with Crippen LogP contribution >= 0.6 is 23.2 Å². The van der Waals surface area contributed by atoms with Crippen LogP contribution in [-0.4, -0.2) is 28.8 Å². The summed E-state index contributed by atoms with van der Waals surface area (Å²) in [5.41, 5.74) is 1.69. The largest absolute Gasteiger partial charge is 0.352 e. The average Bonchev–Trinajstić information content (AvgIpc) is 2.77. The third-order valence-corrected chi connectivity index (χ3v) is 6.53. The zero-order valence-electron chi connectivity index (χ0n) is 17.9. The molecule has 31 heavy (non-hydrogen) atoms. The van der Waals surface area contributed by atoms with E-state index < -0.39 is 6.04 Å². The van der Waals surface area contributed by atoms with E-state index in [2.05, 4.69) is 5.32 Å². The lowest BCUT2D eigenvalue weighted by Gasteiger charge is -2.33. The first-order valence-corrected chi connectivity index (χ1v) is 11.8. The third kappa shape index (κ3) is 6.72. The average molecular weight is 461 g/mol. The van der Waals surface area contributed by atoms with E-state index in [9.17, 15) is 9.59 Å². The fourth-order valence-electron chi connectivity index (χ4n) is 4.15. The molecule has 0 radical (unpaired) electrons. The number of nitrogens with zero attached hydrogens (tertiary/aromatic N) is 1. The summed E-state index contributed by atoms with van der Waals surface area (Å²) in [6, 6.07) is 14.4. The van der Waals surface area contributed by atoms with E-state index in [1.807, 2.05) is 43.3 Å². The normalized spacial score (nSPS) is 15.3. The van der Waals surface area contributed by atoms with Gasteiger partial charge in [-0.05, 0) is 48.6 Å². The van der Waals surface area contributed by atoms with Crippen LogP contribution in [-0.2, 0) is 22.6 Å². The van der Waals surface area contributed by atoms with E-state index in [0.29, 0.717) is 23.0 Å². The first-order valence-electron chi connectivity index (χ1n) is 11.1. The Labute approximate surface area is 194 Å². The Bertz CT molecular complexity index is 879. The van der Waals surface area contributed by atoms with E-state index >= 15 is 0 Å². The molecular formula is C25H30Cl2N2O2. The summed E-state index contributed by atoms with van der Waals surface area (Å²) in [6.45, 7) is 2.24. The highest BCUT2D eigenvalue weighted by Crippen LogP contribution is 2.22. The maximum Gasteiger partial charge on any atom is 0.243 e. The molecule has 1 aliphatic rings. The van der Waals surface area contributed by atoms with Gasteiger partial charge in [0.15, 0.2) is 0 Å². The van der Waals surface area contributed by atoms with Crippen molar-refractivity contribution in [3.05, 3.63) is 69.7 Å². The minimum atomic E-state index is -0.544. The predicted octanol–water partition coefficient (Wildman–Crippen LogP) is 5.79. The van der Waals surface area contributed by atoms with E-state index in [1.165, 1.54) is 6.42 Å². The van der Waals surface area contributed by atoms with Gasteiger partial charge in [-0.15, -0.1) is 0 Å². The molecule has 0 saturated heterocycles. The molecule has 1 aliphatic carbocycles. The van der Waals surface area contributed by atoms with Gasteiger partial charge in [-0.1, -0.05) is 79.7 Å². The van der Waals surface area contributed by atoms with Gasteiger partial charge in [-0.2, -0.15) is 0 Å². The summed E-state index contributed by atoms with van der Waals surface area (Å²) in [5, 5.41) is 4.41. The van der Waals surface area contributed by atoms with Crippen LogP contribution in [0.2, 0.25) is 10.0 Å². The highest BCUT2D eigenvalue weighted by atomic mass is 35.5. The van der Waals surface area contributed by atoms with Crippen LogP contribution in [0.1, 0.15) is 56.6 Å². The number of amides is 2. The molecule has 2 aromatic rings. The van der Waals surface area contributed by atoms with E-state index in [4.69, 9.17) is 23.2 Å². The van der Waals surface area contributed by atoms with Crippen LogP contribution in [0.4, 0.5) is 0 Å². The van der Waals surface area contributed by atoms with Gasteiger partial charge in [0.25, 0.3) is 0 Å². The Morgan fingerprint density at radius 3 is 2.35 bits per heavy atom. The van der Waals surface area contributed by atoms with Gasteiger partial charge in [0, 0.05) is 22.6 Å². The Balaban J connectivity index is 1.81. The summed E-state index contributed by atoms with van der Waals surface area (Å²) >= 11 is 12.4. The van der Waals surface area contributed by atoms with Gasteiger partial charge in [0.05, 0.1) is 6.42 Å². The van der Waals surface area contributed by atoms with Crippen molar-refractivity contribution >= 4 is 35.0 Å². The summed E-state index contributed by atoms with van der Waals surface area (Å²) in [7, 11) is 0. The number of hydrogen-bond donors (Lipinski definition) is 1. The molecule has 6 heteroatoms. The third-order valence-electron chi connectivity index (χ3n) is 5.90. The first-order chi connectivity index (χ1) is 15.0. The summed E-state index contributed by atoms with van der Waals surface area (Å²) in [4.78, 5) is 28.3. The molecule has 0 unspecified atom stereocenters.